The zero-order valence-corrected chi connectivity index (χ0v) is 10.8. The van der Waals surface area contributed by atoms with Crippen molar-refractivity contribution in [1.29, 1.82) is 0 Å². The third-order valence-corrected chi connectivity index (χ3v) is 3.26. The van der Waals surface area contributed by atoms with Crippen molar-refractivity contribution in [3.05, 3.63) is 35.6 Å². The second kappa shape index (κ2) is 6.63. The molecule has 4 nitrogen and oxygen atoms in total. The SMILES string of the molecule is NCCCC(=O)N1CCOC(c2ccc(F)cc2)C1. The average molecular weight is 266 g/mol. The molecule has 1 heterocycles. The van der Waals surface area contributed by atoms with Crippen LogP contribution in [0.25, 0.3) is 0 Å². The van der Waals surface area contributed by atoms with Crippen LogP contribution in [-0.4, -0.2) is 37.0 Å². The number of ether oxygens (including phenoxy) is 1. The maximum absolute atomic E-state index is 12.9. The van der Waals surface area contributed by atoms with Gasteiger partial charge in [-0.15, -0.1) is 0 Å². The Morgan fingerprint density at radius 1 is 1.42 bits per heavy atom. The smallest absolute Gasteiger partial charge is 0.222 e. The summed E-state index contributed by atoms with van der Waals surface area (Å²) in [5.41, 5.74) is 6.31. The van der Waals surface area contributed by atoms with Gasteiger partial charge in [0.25, 0.3) is 0 Å². The first-order valence-corrected chi connectivity index (χ1v) is 6.55. The molecule has 1 aromatic rings. The van der Waals surface area contributed by atoms with E-state index in [1.54, 1.807) is 17.0 Å². The second-order valence-electron chi connectivity index (χ2n) is 4.64. The molecule has 0 saturated carbocycles. The fourth-order valence-corrected chi connectivity index (χ4v) is 2.17. The van der Waals surface area contributed by atoms with Gasteiger partial charge in [0.1, 0.15) is 11.9 Å². The molecule has 0 bridgehead atoms. The summed E-state index contributed by atoms with van der Waals surface area (Å²) in [6.07, 6.45) is 1.01. The number of carbonyl (C=O) groups is 1. The quantitative estimate of drug-likeness (QED) is 0.897. The molecule has 2 rings (SSSR count). The number of hydrogen-bond acceptors (Lipinski definition) is 3. The van der Waals surface area contributed by atoms with E-state index in [0.717, 1.165) is 5.56 Å². The molecule has 0 radical (unpaired) electrons. The van der Waals surface area contributed by atoms with Crippen molar-refractivity contribution < 1.29 is 13.9 Å². The number of rotatable bonds is 4. The summed E-state index contributed by atoms with van der Waals surface area (Å²) in [5, 5.41) is 0. The lowest BCUT2D eigenvalue weighted by Gasteiger charge is -2.33. The normalized spacial score (nSPS) is 19.5. The monoisotopic (exact) mass is 266 g/mol. The number of carbonyl (C=O) groups excluding carboxylic acids is 1. The Kier molecular flexibility index (Phi) is 4.87. The molecule has 2 N–H and O–H groups in total. The Hall–Kier alpha value is -1.46. The first-order chi connectivity index (χ1) is 9.20. The molecular weight excluding hydrogens is 247 g/mol. The van der Waals surface area contributed by atoms with Crippen LogP contribution in [0.1, 0.15) is 24.5 Å². The van der Waals surface area contributed by atoms with Crippen molar-refractivity contribution in [2.75, 3.05) is 26.2 Å². The van der Waals surface area contributed by atoms with Crippen LogP contribution in [0.2, 0.25) is 0 Å². The summed E-state index contributed by atoms with van der Waals surface area (Å²) in [6.45, 7) is 2.17. The van der Waals surface area contributed by atoms with Gasteiger partial charge in [-0.2, -0.15) is 0 Å². The van der Waals surface area contributed by atoms with Gasteiger partial charge in [-0.05, 0) is 30.7 Å². The molecule has 104 valence electrons. The predicted octanol–water partition coefficient (Wildman–Crippen LogP) is 1.46. The minimum Gasteiger partial charge on any atom is -0.370 e. The van der Waals surface area contributed by atoms with Crippen molar-refractivity contribution in [2.24, 2.45) is 5.73 Å². The van der Waals surface area contributed by atoms with Crippen LogP contribution < -0.4 is 5.73 Å². The Balaban J connectivity index is 1.96. The van der Waals surface area contributed by atoms with Gasteiger partial charge < -0.3 is 15.4 Å². The molecule has 19 heavy (non-hydrogen) atoms. The Bertz CT molecular complexity index is 422. The number of hydrogen-bond donors (Lipinski definition) is 1. The Morgan fingerprint density at radius 2 is 2.16 bits per heavy atom. The Labute approximate surface area is 112 Å². The minimum absolute atomic E-state index is 0.112. The standard InChI is InChI=1S/C14H19FN2O2/c15-12-5-3-11(4-6-12)13-10-17(8-9-19-13)14(18)2-1-7-16/h3-6,13H,1-2,7-10,16H2. The maximum atomic E-state index is 12.9. The van der Waals surface area contributed by atoms with Crippen molar-refractivity contribution >= 4 is 5.91 Å². The lowest BCUT2D eigenvalue weighted by Crippen LogP contribution is -2.42. The second-order valence-corrected chi connectivity index (χ2v) is 4.64. The van der Waals surface area contributed by atoms with Crippen molar-refractivity contribution in [3.8, 4) is 0 Å². The highest BCUT2D eigenvalue weighted by molar-refractivity contribution is 5.76. The van der Waals surface area contributed by atoms with Gasteiger partial charge in [0, 0.05) is 13.0 Å². The highest BCUT2D eigenvalue weighted by atomic mass is 19.1. The molecule has 1 aliphatic rings. The minimum atomic E-state index is -0.268. The van der Waals surface area contributed by atoms with E-state index >= 15 is 0 Å². The lowest BCUT2D eigenvalue weighted by molar-refractivity contribution is -0.139. The van der Waals surface area contributed by atoms with Crippen LogP contribution >= 0.6 is 0 Å². The van der Waals surface area contributed by atoms with Crippen LogP contribution in [0.4, 0.5) is 4.39 Å². The molecule has 0 spiro atoms. The van der Waals surface area contributed by atoms with E-state index in [4.69, 9.17) is 10.5 Å². The number of halogens is 1. The van der Waals surface area contributed by atoms with E-state index in [2.05, 4.69) is 0 Å². The van der Waals surface area contributed by atoms with Crippen LogP contribution in [0.3, 0.4) is 0 Å². The first kappa shape index (κ1) is 14.0. The molecular formula is C14H19FN2O2. The molecule has 1 unspecified atom stereocenters. The molecule has 1 atom stereocenters. The lowest BCUT2D eigenvalue weighted by atomic mass is 10.1. The number of nitrogens with two attached hydrogens (primary N) is 1. The van der Waals surface area contributed by atoms with Gasteiger partial charge in [0.2, 0.25) is 5.91 Å². The van der Waals surface area contributed by atoms with E-state index in [-0.39, 0.29) is 17.8 Å². The third kappa shape index (κ3) is 3.75. The molecule has 1 fully saturated rings. The van der Waals surface area contributed by atoms with Crippen molar-refractivity contribution in [1.82, 2.24) is 4.90 Å². The largest absolute Gasteiger partial charge is 0.370 e. The summed E-state index contributed by atoms with van der Waals surface area (Å²) < 4.78 is 18.5. The van der Waals surface area contributed by atoms with Gasteiger partial charge in [0.05, 0.1) is 13.2 Å². The van der Waals surface area contributed by atoms with E-state index in [0.29, 0.717) is 39.1 Å². The van der Waals surface area contributed by atoms with Gasteiger partial charge >= 0.3 is 0 Å². The summed E-state index contributed by atoms with van der Waals surface area (Å²) in [5.74, 6) is -0.156. The predicted molar refractivity (Wildman–Crippen MR) is 70.0 cm³/mol. The topological polar surface area (TPSA) is 55.6 Å². The zero-order valence-electron chi connectivity index (χ0n) is 10.8. The van der Waals surface area contributed by atoms with E-state index in [1.807, 2.05) is 0 Å². The Morgan fingerprint density at radius 3 is 2.84 bits per heavy atom. The number of morpholine rings is 1. The highest BCUT2D eigenvalue weighted by Crippen LogP contribution is 2.22. The first-order valence-electron chi connectivity index (χ1n) is 6.55. The van der Waals surface area contributed by atoms with E-state index < -0.39 is 0 Å². The average Bonchev–Trinajstić information content (AvgIpc) is 2.45. The third-order valence-electron chi connectivity index (χ3n) is 3.26. The molecule has 1 saturated heterocycles. The summed E-state index contributed by atoms with van der Waals surface area (Å²) in [4.78, 5) is 13.7. The number of amides is 1. The summed E-state index contributed by atoms with van der Waals surface area (Å²) in [6, 6.07) is 6.23. The molecule has 1 aliphatic heterocycles. The summed E-state index contributed by atoms with van der Waals surface area (Å²) in [7, 11) is 0. The van der Waals surface area contributed by atoms with Gasteiger partial charge in [-0.25, -0.2) is 4.39 Å². The van der Waals surface area contributed by atoms with Crippen LogP contribution in [0.5, 0.6) is 0 Å². The van der Waals surface area contributed by atoms with Crippen LogP contribution in [-0.2, 0) is 9.53 Å². The molecule has 0 aromatic heterocycles. The fourth-order valence-electron chi connectivity index (χ4n) is 2.17. The maximum Gasteiger partial charge on any atom is 0.222 e. The number of benzene rings is 1. The molecule has 1 amide bonds. The molecule has 1 aromatic carbocycles. The van der Waals surface area contributed by atoms with Gasteiger partial charge in [0.15, 0.2) is 0 Å². The zero-order chi connectivity index (χ0) is 13.7. The fraction of sp³-hybridized carbons (Fsp3) is 0.500. The van der Waals surface area contributed by atoms with Crippen molar-refractivity contribution in [2.45, 2.75) is 18.9 Å². The van der Waals surface area contributed by atoms with Crippen molar-refractivity contribution in [3.63, 3.8) is 0 Å². The van der Waals surface area contributed by atoms with Crippen LogP contribution in [0.15, 0.2) is 24.3 Å². The van der Waals surface area contributed by atoms with Crippen LogP contribution in [0, 0.1) is 5.82 Å². The number of nitrogens with zero attached hydrogens (tertiary/aromatic N) is 1. The molecule has 0 aliphatic carbocycles. The van der Waals surface area contributed by atoms with E-state index in [9.17, 15) is 9.18 Å². The molecule has 5 heteroatoms. The highest BCUT2D eigenvalue weighted by Gasteiger charge is 2.24. The summed E-state index contributed by atoms with van der Waals surface area (Å²) >= 11 is 0. The van der Waals surface area contributed by atoms with Gasteiger partial charge in [-0.3, -0.25) is 4.79 Å². The van der Waals surface area contributed by atoms with E-state index in [1.165, 1.54) is 12.1 Å². The van der Waals surface area contributed by atoms with Gasteiger partial charge in [-0.1, -0.05) is 12.1 Å².